The van der Waals surface area contributed by atoms with E-state index in [4.69, 9.17) is 10.4 Å². The summed E-state index contributed by atoms with van der Waals surface area (Å²) in [6, 6.07) is 14.5. The van der Waals surface area contributed by atoms with Crippen LogP contribution in [0.2, 0.25) is 0 Å². The number of carbonyl (C=O) groups is 1. The largest absolute Gasteiger partial charge is 0.478 e. The Bertz CT molecular complexity index is 708. The van der Waals surface area contributed by atoms with Gasteiger partial charge in [-0.15, -0.1) is 0 Å². The van der Waals surface area contributed by atoms with Crippen molar-refractivity contribution in [3.63, 3.8) is 0 Å². The molecular weight excluding hydrogens is 332 g/mol. The molecule has 0 spiro atoms. The van der Waals surface area contributed by atoms with E-state index in [0.29, 0.717) is 18.5 Å². The van der Waals surface area contributed by atoms with E-state index in [2.05, 4.69) is 27.3 Å². The molecule has 0 aliphatic heterocycles. The van der Waals surface area contributed by atoms with Crippen LogP contribution in [-0.4, -0.2) is 17.6 Å². The monoisotopic (exact) mass is 344 g/mol. The number of carboxylic acids is 1. The molecule has 0 aliphatic carbocycles. The van der Waals surface area contributed by atoms with E-state index in [0.717, 1.165) is 15.7 Å². The van der Waals surface area contributed by atoms with E-state index in [1.165, 1.54) is 0 Å². The molecule has 2 rings (SSSR count). The van der Waals surface area contributed by atoms with Crippen molar-refractivity contribution in [1.82, 2.24) is 0 Å². The van der Waals surface area contributed by atoms with Crippen LogP contribution >= 0.6 is 15.9 Å². The van der Waals surface area contributed by atoms with Gasteiger partial charge in [0, 0.05) is 11.0 Å². The molecule has 0 saturated carbocycles. The number of nitrogens with zero attached hydrogens (tertiary/aromatic N) is 1. The van der Waals surface area contributed by atoms with E-state index in [-0.39, 0.29) is 5.56 Å². The Morgan fingerprint density at radius 1 is 1.29 bits per heavy atom. The number of benzene rings is 2. The molecular formula is C16H13BrN2O2. The molecule has 0 bridgehead atoms. The van der Waals surface area contributed by atoms with Crippen LogP contribution in [0.5, 0.6) is 0 Å². The summed E-state index contributed by atoms with van der Waals surface area (Å²) in [4.78, 5) is 10.9. The molecule has 5 heteroatoms. The highest BCUT2D eigenvalue weighted by molar-refractivity contribution is 9.10. The van der Waals surface area contributed by atoms with Gasteiger partial charge < -0.3 is 10.4 Å². The van der Waals surface area contributed by atoms with E-state index >= 15 is 0 Å². The third-order valence-electron chi connectivity index (χ3n) is 3.03. The third-order valence-corrected chi connectivity index (χ3v) is 3.69. The predicted octanol–water partition coefficient (Wildman–Crippen LogP) is 3.67. The second-order valence-corrected chi connectivity index (χ2v) is 5.31. The van der Waals surface area contributed by atoms with Gasteiger partial charge in [0.25, 0.3) is 0 Å². The molecule has 0 unspecified atom stereocenters. The normalized spacial score (nSPS) is 9.90. The highest BCUT2D eigenvalue weighted by atomic mass is 79.9. The zero-order valence-electron chi connectivity index (χ0n) is 11.1. The van der Waals surface area contributed by atoms with Crippen LogP contribution < -0.4 is 5.32 Å². The lowest BCUT2D eigenvalue weighted by Gasteiger charge is -2.09. The summed E-state index contributed by atoms with van der Waals surface area (Å²) >= 11 is 3.34. The van der Waals surface area contributed by atoms with Gasteiger partial charge in [-0.3, -0.25) is 0 Å². The first kappa shape index (κ1) is 15.1. The van der Waals surface area contributed by atoms with Crippen molar-refractivity contribution >= 4 is 27.6 Å². The second kappa shape index (κ2) is 6.91. The Morgan fingerprint density at radius 2 is 2.05 bits per heavy atom. The summed E-state index contributed by atoms with van der Waals surface area (Å²) in [6.45, 7) is 0.619. The molecule has 0 fully saturated rings. The van der Waals surface area contributed by atoms with Crippen LogP contribution in [0.3, 0.4) is 0 Å². The third kappa shape index (κ3) is 3.83. The summed E-state index contributed by atoms with van der Waals surface area (Å²) in [5, 5.41) is 21.3. The number of nitrogens with one attached hydrogen (secondary N) is 1. The van der Waals surface area contributed by atoms with Crippen LogP contribution in [0.15, 0.2) is 46.9 Å². The molecule has 0 atom stereocenters. The average molecular weight is 345 g/mol. The maximum atomic E-state index is 10.9. The molecule has 0 amide bonds. The molecule has 2 N–H and O–H groups in total. The Labute approximate surface area is 131 Å². The SMILES string of the molecule is N#Cc1c(Br)cccc1NCCc1cccc(C(=O)O)c1. The van der Waals surface area contributed by atoms with Crippen molar-refractivity contribution in [2.45, 2.75) is 6.42 Å². The lowest BCUT2D eigenvalue weighted by molar-refractivity contribution is 0.0697. The molecule has 0 heterocycles. The zero-order chi connectivity index (χ0) is 15.2. The zero-order valence-corrected chi connectivity index (χ0v) is 12.7. The average Bonchev–Trinajstić information content (AvgIpc) is 2.48. The van der Waals surface area contributed by atoms with Crippen molar-refractivity contribution in [3.8, 4) is 6.07 Å². The summed E-state index contributed by atoms with van der Waals surface area (Å²) < 4.78 is 0.753. The second-order valence-electron chi connectivity index (χ2n) is 4.46. The van der Waals surface area contributed by atoms with Crippen molar-refractivity contribution in [2.75, 3.05) is 11.9 Å². The number of nitriles is 1. The van der Waals surface area contributed by atoms with Crippen LogP contribution in [-0.2, 0) is 6.42 Å². The van der Waals surface area contributed by atoms with Gasteiger partial charge in [-0.2, -0.15) is 5.26 Å². The van der Waals surface area contributed by atoms with E-state index in [9.17, 15) is 4.79 Å². The highest BCUT2D eigenvalue weighted by Gasteiger charge is 2.06. The maximum Gasteiger partial charge on any atom is 0.335 e. The minimum absolute atomic E-state index is 0.285. The fraction of sp³-hybridized carbons (Fsp3) is 0.125. The van der Waals surface area contributed by atoms with Crippen molar-refractivity contribution < 1.29 is 9.90 Å². The summed E-state index contributed by atoms with van der Waals surface area (Å²) in [6.07, 6.45) is 0.679. The minimum Gasteiger partial charge on any atom is -0.478 e. The maximum absolute atomic E-state index is 10.9. The first-order valence-corrected chi connectivity index (χ1v) is 7.16. The Balaban J connectivity index is 2.02. The Hall–Kier alpha value is -2.32. The molecule has 4 nitrogen and oxygen atoms in total. The molecule has 106 valence electrons. The molecule has 0 radical (unpaired) electrons. The first-order chi connectivity index (χ1) is 10.1. The van der Waals surface area contributed by atoms with E-state index in [1.807, 2.05) is 24.3 Å². The highest BCUT2D eigenvalue weighted by Crippen LogP contribution is 2.23. The number of aromatic carboxylic acids is 1. The summed E-state index contributed by atoms with van der Waals surface area (Å²) in [7, 11) is 0. The molecule has 0 saturated heterocycles. The van der Waals surface area contributed by atoms with Gasteiger partial charge in [0.15, 0.2) is 0 Å². The fourth-order valence-electron chi connectivity index (χ4n) is 1.99. The number of anilines is 1. The quantitative estimate of drug-likeness (QED) is 0.867. The number of halogens is 1. The van der Waals surface area contributed by atoms with E-state index < -0.39 is 5.97 Å². The van der Waals surface area contributed by atoms with E-state index in [1.54, 1.807) is 18.2 Å². The summed E-state index contributed by atoms with van der Waals surface area (Å²) in [5.41, 5.74) is 2.56. The van der Waals surface area contributed by atoms with Crippen LogP contribution in [0.4, 0.5) is 5.69 Å². The first-order valence-electron chi connectivity index (χ1n) is 6.36. The standard InChI is InChI=1S/C16H13BrN2O2/c17-14-5-2-6-15(13(14)10-18)19-8-7-11-3-1-4-12(9-11)16(20)21/h1-6,9,19H,7-8H2,(H,20,21). The Morgan fingerprint density at radius 3 is 2.76 bits per heavy atom. The smallest absolute Gasteiger partial charge is 0.335 e. The van der Waals surface area contributed by atoms with Crippen LogP contribution in [0.1, 0.15) is 21.5 Å². The molecule has 2 aromatic carbocycles. The molecule has 2 aromatic rings. The Kier molecular flexibility index (Phi) is 4.96. The van der Waals surface area contributed by atoms with Crippen molar-refractivity contribution in [1.29, 1.82) is 5.26 Å². The van der Waals surface area contributed by atoms with Gasteiger partial charge in [-0.25, -0.2) is 4.79 Å². The molecule has 0 aromatic heterocycles. The fourth-order valence-corrected chi connectivity index (χ4v) is 2.44. The van der Waals surface area contributed by atoms with Gasteiger partial charge in [0.2, 0.25) is 0 Å². The predicted molar refractivity (Wildman–Crippen MR) is 84.5 cm³/mol. The van der Waals surface area contributed by atoms with Gasteiger partial charge in [-0.05, 0) is 52.2 Å². The van der Waals surface area contributed by atoms with Gasteiger partial charge in [0.1, 0.15) is 6.07 Å². The lowest BCUT2D eigenvalue weighted by Crippen LogP contribution is -2.07. The number of hydrogen-bond acceptors (Lipinski definition) is 3. The van der Waals surface area contributed by atoms with Gasteiger partial charge in [0.05, 0.1) is 16.8 Å². The number of rotatable bonds is 5. The number of hydrogen-bond donors (Lipinski definition) is 2. The summed E-state index contributed by atoms with van der Waals surface area (Å²) in [5.74, 6) is -0.927. The van der Waals surface area contributed by atoms with Crippen molar-refractivity contribution in [2.24, 2.45) is 0 Å². The molecule has 0 aliphatic rings. The van der Waals surface area contributed by atoms with Crippen LogP contribution in [0.25, 0.3) is 0 Å². The van der Waals surface area contributed by atoms with Crippen molar-refractivity contribution in [3.05, 3.63) is 63.6 Å². The topological polar surface area (TPSA) is 73.1 Å². The minimum atomic E-state index is -0.927. The molecule has 21 heavy (non-hydrogen) atoms. The lowest BCUT2D eigenvalue weighted by atomic mass is 10.1. The number of carboxylic acid groups (broad SMARTS) is 1. The van der Waals surface area contributed by atoms with Gasteiger partial charge in [-0.1, -0.05) is 18.2 Å². The van der Waals surface area contributed by atoms with Gasteiger partial charge >= 0.3 is 5.97 Å². The van der Waals surface area contributed by atoms with Crippen LogP contribution in [0, 0.1) is 11.3 Å².